The van der Waals surface area contributed by atoms with Crippen molar-refractivity contribution in [3.05, 3.63) is 0 Å². The van der Waals surface area contributed by atoms with Crippen LogP contribution in [0.4, 0.5) is 0 Å². The highest BCUT2D eigenvalue weighted by Crippen LogP contribution is 1.96. The van der Waals surface area contributed by atoms with Gasteiger partial charge < -0.3 is 15.3 Å². The smallest absolute Gasteiger partial charge is 0.327 e. The summed E-state index contributed by atoms with van der Waals surface area (Å²) in [6, 6.07) is -1.23. The van der Waals surface area contributed by atoms with E-state index < -0.39 is 28.7 Å². The summed E-state index contributed by atoms with van der Waals surface area (Å²) in [6.07, 6.45) is 0. The molecular weight excluding hydrogens is 272 g/mol. The molecule has 0 aliphatic carbocycles. The topological polar surface area (TPSA) is 104 Å². The summed E-state index contributed by atoms with van der Waals surface area (Å²) < 4.78 is 11.7. The molecule has 0 aliphatic heterocycles. The van der Waals surface area contributed by atoms with Crippen LogP contribution in [0.5, 0.6) is 0 Å². The zero-order valence-corrected chi connectivity index (χ0v) is 12.2. The molecule has 0 saturated heterocycles. The van der Waals surface area contributed by atoms with Gasteiger partial charge in [-0.15, -0.1) is 0 Å². The molecule has 2 N–H and O–H groups in total. The van der Waals surface area contributed by atoms with Gasteiger partial charge in [-0.2, -0.15) is 0 Å². The van der Waals surface area contributed by atoms with Crippen LogP contribution >= 0.6 is 0 Å². The van der Waals surface area contributed by atoms with E-state index in [1.165, 1.54) is 11.8 Å². The Hall–Kier alpha value is -1.44. The van der Waals surface area contributed by atoms with Crippen LogP contribution in [0.15, 0.2) is 0 Å². The fraction of sp³-hybridized carbons (Fsp3) is 0.727. The number of carbonyl (C=O) groups excluding carboxylic acids is 2. The molecule has 0 bridgehead atoms. The highest BCUT2D eigenvalue weighted by molar-refractivity contribution is 7.85. The first-order chi connectivity index (χ1) is 8.81. The van der Waals surface area contributed by atoms with E-state index in [9.17, 15) is 18.6 Å². The van der Waals surface area contributed by atoms with Crippen molar-refractivity contribution < 1.29 is 23.7 Å². The van der Waals surface area contributed by atoms with Crippen molar-refractivity contribution >= 4 is 28.6 Å². The molecule has 0 fully saturated rings. The van der Waals surface area contributed by atoms with E-state index in [4.69, 9.17) is 5.11 Å². The summed E-state index contributed by atoms with van der Waals surface area (Å²) in [7, 11) is -1.63. The number of nitrogens with one attached hydrogen (secondary N) is 1. The number of rotatable bonds is 8. The predicted molar refractivity (Wildman–Crippen MR) is 71.0 cm³/mol. The average Bonchev–Trinajstić information content (AvgIpc) is 2.28. The molecule has 0 aromatic carbocycles. The summed E-state index contributed by atoms with van der Waals surface area (Å²) >= 11 is 0. The van der Waals surface area contributed by atoms with E-state index in [2.05, 4.69) is 5.32 Å². The van der Waals surface area contributed by atoms with Gasteiger partial charge in [0.15, 0.2) is 0 Å². The molecule has 0 aliphatic rings. The van der Waals surface area contributed by atoms with Crippen molar-refractivity contribution in [2.45, 2.75) is 26.8 Å². The van der Waals surface area contributed by atoms with Crippen molar-refractivity contribution in [1.82, 2.24) is 10.2 Å². The Morgan fingerprint density at radius 3 is 2.16 bits per heavy atom. The minimum Gasteiger partial charge on any atom is -0.480 e. The Balaban J connectivity index is 4.46. The minimum atomic E-state index is -1.63. The van der Waals surface area contributed by atoms with Gasteiger partial charge in [-0.3, -0.25) is 13.8 Å². The molecule has 2 atom stereocenters. The number of carbonyl (C=O) groups is 3. The summed E-state index contributed by atoms with van der Waals surface area (Å²) in [5.41, 5.74) is 0. The lowest BCUT2D eigenvalue weighted by Crippen LogP contribution is -2.44. The first-order valence-corrected chi connectivity index (χ1v) is 7.43. The highest BCUT2D eigenvalue weighted by Gasteiger charge is 2.23. The van der Waals surface area contributed by atoms with Gasteiger partial charge in [-0.25, -0.2) is 4.79 Å². The second-order valence-electron chi connectivity index (χ2n) is 3.91. The molecule has 1 unspecified atom stereocenters. The van der Waals surface area contributed by atoms with Crippen LogP contribution in [0, 0.1) is 0 Å². The van der Waals surface area contributed by atoms with E-state index in [1.54, 1.807) is 0 Å². The highest BCUT2D eigenvalue weighted by atomic mass is 32.2. The molecule has 0 aromatic rings. The van der Waals surface area contributed by atoms with Gasteiger partial charge in [0.25, 0.3) is 0 Å². The van der Waals surface area contributed by atoms with Crippen LogP contribution < -0.4 is 5.32 Å². The number of carboxylic acid groups (broad SMARTS) is 1. The fourth-order valence-electron chi connectivity index (χ4n) is 1.47. The SMILES string of the molecule is CCN(CC)C(=O)CS(=O)C[C@H](NC(C)=O)C(=O)O. The number of nitrogens with zero attached hydrogens (tertiary/aromatic N) is 1. The van der Waals surface area contributed by atoms with E-state index in [-0.39, 0.29) is 17.4 Å². The van der Waals surface area contributed by atoms with Crippen LogP contribution in [0.3, 0.4) is 0 Å². The average molecular weight is 292 g/mol. The lowest BCUT2D eigenvalue weighted by molar-refractivity contribution is -0.140. The zero-order valence-electron chi connectivity index (χ0n) is 11.3. The van der Waals surface area contributed by atoms with Gasteiger partial charge in [-0.05, 0) is 13.8 Å². The molecule has 0 saturated carbocycles. The number of amides is 2. The van der Waals surface area contributed by atoms with Gasteiger partial charge in [0.2, 0.25) is 11.8 Å². The van der Waals surface area contributed by atoms with Crippen molar-refractivity contribution in [2.24, 2.45) is 0 Å². The summed E-state index contributed by atoms with van der Waals surface area (Å²) in [4.78, 5) is 34.9. The summed E-state index contributed by atoms with van der Waals surface area (Å²) in [5, 5.41) is 11.0. The van der Waals surface area contributed by atoms with E-state index >= 15 is 0 Å². The third-order valence-corrected chi connectivity index (χ3v) is 3.70. The summed E-state index contributed by atoms with van der Waals surface area (Å²) in [5.74, 6) is -2.57. The van der Waals surface area contributed by atoms with E-state index in [0.29, 0.717) is 13.1 Å². The lowest BCUT2D eigenvalue weighted by Gasteiger charge is -2.19. The Bertz CT molecular complexity index is 368. The Labute approximate surface area is 114 Å². The Morgan fingerprint density at radius 1 is 1.26 bits per heavy atom. The van der Waals surface area contributed by atoms with Gasteiger partial charge in [0.1, 0.15) is 11.8 Å². The lowest BCUT2D eigenvalue weighted by atomic mass is 10.3. The molecule has 2 amide bonds. The molecule has 8 heteroatoms. The van der Waals surface area contributed by atoms with Gasteiger partial charge in [0, 0.05) is 30.8 Å². The standard InChI is InChI=1S/C11H20N2O5S/c1-4-13(5-2)10(15)7-19(18)6-9(11(16)17)12-8(3)14/h9H,4-7H2,1-3H3,(H,12,14)(H,16,17)/t9-,19?/m0/s1. The fourth-order valence-corrected chi connectivity index (χ4v) is 2.64. The van der Waals surface area contributed by atoms with Crippen LogP contribution in [0.25, 0.3) is 0 Å². The monoisotopic (exact) mass is 292 g/mol. The zero-order chi connectivity index (χ0) is 15.0. The Kier molecular flexibility index (Phi) is 7.97. The Morgan fingerprint density at radius 2 is 1.79 bits per heavy atom. The number of aliphatic carboxylic acids is 1. The maximum absolute atomic E-state index is 11.7. The molecule has 0 heterocycles. The van der Waals surface area contributed by atoms with Crippen LogP contribution in [0.2, 0.25) is 0 Å². The molecule has 19 heavy (non-hydrogen) atoms. The maximum Gasteiger partial charge on any atom is 0.327 e. The predicted octanol–water partition coefficient (Wildman–Crippen LogP) is -0.807. The number of hydrogen-bond acceptors (Lipinski definition) is 4. The van der Waals surface area contributed by atoms with Crippen molar-refractivity contribution in [1.29, 1.82) is 0 Å². The normalized spacial score (nSPS) is 13.4. The first-order valence-electron chi connectivity index (χ1n) is 5.94. The van der Waals surface area contributed by atoms with Crippen molar-refractivity contribution in [3.63, 3.8) is 0 Å². The van der Waals surface area contributed by atoms with Crippen LogP contribution in [-0.2, 0) is 25.2 Å². The number of carboxylic acids is 1. The summed E-state index contributed by atoms with van der Waals surface area (Å²) in [6.45, 7) is 5.82. The molecule has 0 spiro atoms. The maximum atomic E-state index is 11.7. The van der Waals surface area contributed by atoms with Gasteiger partial charge in [-0.1, -0.05) is 0 Å². The molecule has 110 valence electrons. The van der Waals surface area contributed by atoms with E-state index in [1.807, 2.05) is 13.8 Å². The van der Waals surface area contributed by atoms with E-state index in [0.717, 1.165) is 0 Å². The minimum absolute atomic E-state index is 0.231. The van der Waals surface area contributed by atoms with Crippen molar-refractivity contribution in [3.8, 4) is 0 Å². The van der Waals surface area contributed by atoms with Crippen molar-refractivity contribution in [2.75, 3.05) is 24.6 Å². The molecule has 0 aromatic heterocycles. The van der Waals surface area contributed by atoms with Crippen LogP contribution in [0.1, 0.15) is 20.8 Å². The molecule has 0 radical (unpaired) electrons. The third kappa shape index (κ3) is 6.90. The molecule has 0 rings (SSSR count). The molecular formula is C11H20N2O5S. The van der Waals surface area contributed by atoms with Gasteiger partial charge in [0.05, 0.1) is 5.75 Å². The largest absolute Gasteiger partial charge is 0.480 e. The third-order valence-electron chi connectivity index (χ3n) is 2.43. The number of hydrogen-bond donors (Lipinski definition) is 2. The second kappa shape index (κ2) is 8.63. The van der Waals surface area contributed by atoms with Gasteiger partial charge >= 0.3 is 5.97 Å². The second-order valence-corrected chi connectivity index (χ2v) is 5.41. The van der Waals surface area contributed by atoms with Crippen LogP contribution in [-0.4, -0.2) is 62.6 Å². The first kappa shape index (κ1) is 17.6. The quantitative estimate of drug-likeness (QED) is 0.609. The molecule has 7 nitrogen and oxygen atoms in total.